The van der Waals surface area contributed by atoms with Gasteiger partial charge in [-0.3, -0.25) is 0 Å². The van der Waals surface area contributed by atoms with Crippen LogP contribution in [0.4, 0.5) is 0 Å². The van der Waals surface area contributed by atoms with Gasteiger partial charge < -0.3 is 9.84 Å². The highest BCUT2D eigenvalue weighted by atomic mass is 16.6. The highest BCUT2D eigenvalue weighted by Gasteiger charge is 2.59. The third kappa shape index (κ3) is 4.32. The van der Waals surface area contributed by atoms with Gasteiger partial charge in [0.1, 0.15) is 12.7 Å². The van der Waals surface area contributed by atoms with E-state index in [0.717, 1.165) is 54.8 Å². The van der Waals surface area contributed by atoms with Crippen LogP contribution in [0.5, 0.6) is 0 Å². The Morgan fingerprint density at radius 1 is 1.09 bits per heavy atom. The normalized spacial score (nSPS) is 42.0. The van der Waals surface area contributed by atoms with Crippen LogP contribution in [0.25, 0.3) is 0 Å². The number of rotatable bonds is 7. The van der Waals surface area contributed by atoms with Crippen LogP contribution in [-0.4, -0.2) is 23.8 Å². The van der Waals surface area contributed by atoms with Gasteiger partial charge in [0.05, 0.1) is 0 Å². The Bertz CT molecular complexity index is 711. The van der Waals surface area contributed by atoms with E-state index in [0.29, 0.717) is 5.41 Å². The molecule has 3 fully saturated rings. The van der Waals surface area contributed by atoms with Crippen LogP contribution < -0.4 is 0 Å². The van der Waals surface area contributed by atoms with Crippen LogP contribution in [0, 0.1) is 46.3 Å². The first kappa shape index (κ1) is 24.3. The minimum atomic E-state index is -0.505. The summed E-state index contributed by atoms with van der Waals surface area (Å²) < 4.78 is 5.51. The lowest BCUT2D eigenvalue weighted by Gasteiger charge is -2.58. The van der Waals surface area contributed by atoms with Gasteiger partial charge in [-0.1, -0.05) is 65.5 Å². The fraction of sp³-hybridized carbons (Fsp3) is 0.897. The van der Waals surface area contributed by atoms with Crippen LogP contribution in [0.3, 0.4) is 0 Å². The SMILES string of the molecule is CC(C)CCC[C@@H](C)[C@H]1CC[C@H]2[C@@H]3CC=C4C[C@@H](OC(=O)CO)CC[C@]4(C)[C@H]3CC[C@]12C. The van der Waals surface area contributed by atoms with Gasteiger partial charge in [0.25, 0.3) is 0 Å². The number of carbonyl (C=O) groups is 1. The standard InChI is InChI=1S/C29H48O3/c1-19(2)7-6-8-20(3)24-11-12-25-23-10-9-21-17-22(32-27(31)18-30)13-15-28(21,4)26(23)14-16-29(24,25)5/h9,19-20,22-26,30H,6-8,10-18H2,1-5H3/t20-,22+,23+,24-,25+,26+,28+,29-/m1/s1. The molecule has 0 unspecified atom stereocenters. The molecule has 1 N–H and O–H groups in total. The molecule has 0 saturated heterocycles. The van der Waals surface area contributed by atoms with Crippen molar-refractivity contribution in [3.63, 3.8) is 0 Å². The molecule has 0 aromatic carbocycles. The van der Waals surface area contributed by atoms with Crippen molar-refractivity contribution >= 4 is 5.97 Å². The summed E-state index contributed by atoms with van der Waals surface area (Å²) in [4.78, 5) is 11.6. The number of allylic oxidation sites excluding steroid dienone is 1. The largest absolute Gasteiger partial charge is 0.460 e. The molecule has 0 radical (unpaired) electrons. The molecule has 4 aliphatic rings. The predicted molar refractivity (Wildman–Crippen MR) is 130 cm³/mol. The highest BCUT2D eigenvalue weighted by molar-refractivity contribution is 5.70. The number of hydrogen-bond acceptors (Lipinski definition) is 3. The van der Waals surface area contributed by atoms with Crippen molar-refractivity contribution in [2.45, 2.75) is 111 Å². The summed E-state index contributed by atoms with van der Waals surface area (Å²) in [6, 6.07) is 0. The van der Waals surface area contributed by atoms with Crippen LogP contribution >= 0.6 is 0 Å². The van der Waals surface area contributed by atoms with E-state index in [-0.39, 0.29) is 11.5 Å². The lowest BCUT2D eigenvalue weighted by atomic mass is 9.47. The molecule has 8 atom stereocenters. The van der Waals surface area contributed by atoms with Gasteiger partial charge in [0, 0.05) is 6.42 Å². The zero-order valence-corrected chi connectivity index (χ0v) is 21.4. The summed E-state index contributed by atoms with van der Waals surface area (Å²) in [5.74, 6) is 4.65. The number of fused-ring (bicyclic) bond motifs is 5. The van der Waals surface area contributed by atoms with Crippen molar-refractivity contribution in [2.24, 2.45) is 46.3 Å². The van der Waals surface area contributed by atoms with E-state index in [1.165, 1.54) is 51.4 Å². The first-order valence-corrected chi connectivity index (χ1v) is 13.7. The third-order valence-corrected chi connectivity index (χ3v) is 10.7. The Morgan fingerprint density at radius 3 is 2.59 bits per heavy atom. The van der Waals surface area contributed by atoms with Crippen LogP contribution in [0.1, 0.15) is 105 Å². The Morgan fingerprint density at radius 2 is 1.88 bits per heavy atom. The first-order chi connectivity index (χ1) is 15.2. The maximum absolute atomic E-state index is 11.6. The summed E-state index contributed by atoms with van der Waals surface area (Å²) in [6.07, 6.45) is 16.5. The first-order valence-electron chi connectivity index (χ1n) is 13.7. The molecule has 0 aliphatic heterocycles. The topological polar surface area (TPSA) is 46.5 Å². The average molecular weight is 445 g/mol. The van der Waals surface area contributed by atoms with Crippen molar-refractivity contribution in [1.82, 2.24) is 0 Å². The minimum Gasteiger partial charge on any atom is -0.460 e. The summed E-state index contributed by atoms with van der Waals surface area (Å²) in [5, 5.41) is 9.06. The van der Waals surface area contributed by atoms with E-state index in [1.807, 2.05) is 0 Å². The lowest BCUT2D eigenvalue weighted by Crippen LogP contribution is -2.51. The van der Waals surface area contributed by atoms with Crippen molar-refractivity contribution in [1.29, 1.82) is 0 Å². The zero-order valence-electron chi connectivity index (χ0n) is 21.4. The Labute approximate surface area is 196 Å². The van der Waals surface area contributed by atoms with Crippen LogP contribution in [0.2, 0.25) is 0 Å². The molecule has 0 bridgehead atoms. The lowest BCUT2D eigenvalue weighted by molar-refractivity contribution is -0.154. The Hall–Kier alpha value is -0.830. The van der Waals surface area contributed by atoms with Gasteiger partial charge >= 0.3 is 5.97 Å². The summed E-state index contributed by atoms with van der Waals surface area (Å²) >= 11 is 0. The summed E-state index contributed by atoms with van der Waals surface area (Å²) in [7, 11) is 0. The van der Waals surface area contributed by atoms with Crippen molar-refractivity contribution < 1.29 is 14.6 Å². The molecular formula is C29H48O3. The smallest absolute Gasteiger partial charge is 0.332 e. The summed E-state index contributed by atoms with van der Waals surface area (Å²) in [6.45, 7) is 11.9. The van der Waals surface area contributed by atoms with Gasteiger partial charge in [0.2, 0.25) is 0 Å². The molecule has 0 aromatic rings. The average Bonchev–Trinajstić information content (AvgIpc) is 3.11. The number of aliphatic hydroxyl groups is 1. The van der Waals surface area contributed by atoms with Gasteiger partial charge in [-0.05, 0) is 91.3 Å². The molecule has 3 saturated carbocycles. The maximum Gasteiger partial charge on any atom is 0.332 e. The molecule has 0 heterocycles. The van der Waals surface area contributed by atoms with Gasteiger partial charge in [-0.25, -0.2) is 4.79 Å². The molecular weight excluding hydrogens is 396 g/mol. The van der Waals surface area contributed by atoms with E-state index in [2.05, 4.69) is 40.7 Å². The van der Waals surface area contributed by atoms with Gasteiger partial charge in [0.15, 0.2) is 0 Å². The van der Waals surface area contributed by atoms with E-state index < -0.39 is 12.6 Å². The fourth-order valence-electron chi connectivity index (χ4n) is 8.98. The fourth-order valence-corrected chi connectivity index (χ4v) is 8.98. The number of aliphatic hydroxyl groups excluding tert-OH is 1. The molecule has 182 valence electrons. The molecule has 32 heavy (non-hydrogen) atoms. The number of esters is 1. The van der Waals surface area contributed by atoms with Crippen molar-refractivity contribution in [3.05, 3.63) is 11.6 Å². The molecule has 4 aliphatic carbocycles. The summed E-state index contributed by atoms with van der Waals surface area (Å²) in [5.41, 5.74) is 2.36. The highest BCUT2D eigenvalue weighted by Crippen LogP contribution is 2.67. The van der Waals surface area contributed by atoms with E-state index in [4.69, 9.17) is 9.84 Å². The Kier molecular flexibility index (Phi) is 7.16. The Balaban J connectivity index is 1.45. The molecule has 3 nitrogen and oxygen atoms in total. The predicted octanol–water partition coefficient (Wildman–Crippen LogP) is 6.93. The van der Waals surface area contributed by atoms with E-state index in [9.17, 15) is 4.79 Å². The van der Waals surface area contributed by atoms with Crippen molar-refractivity contribution in [3.8, 4) is 0 Å². The molecule has 0 amide bonds. The number of carbonyl (C=O) groups excluding carboxylic acids is 1. The van der Waals surface area contributed by atoms with Gasteiger partial charge in [-0.15, -0.1) is 0 Å². The van der Waals surface area contributed by atoms with Gasteiger partial charge in [-0.2, -0.15) is 0 Å². The zero-order chi connectivity index (χ0) is 23.1. The van der Waals surface area contributed by atoms with Crippen molar-refractivity contribution in [2.75, 3.05) is 6.61 Å². The number of hydrogen-bond donors (Lipinski definition) is 1. The number of ether oxygens (including phenoxy) is 1. The minimum absolute atomic E-state index is 0.0399. The second-order valence-corrected chi connectivity index (χ2v) is 12.8. The second-order valence-electron chi connectivity index (χ2n) is 12.8. The quantitative estimate of drug-likeness (QED) is 0.342. The molecule has 4 rings (SSSR count). The molecule has 0 spiro atoms. The monoisotopic (exact) mass is 444 g/mol. The molecule has 0 aromatic heterocycles. The van der Waals surface area contributed by atoms with Crippen LogP contribution in [-0.2, 0) is 9.53 Å². The van der Waals surface area contributed by atoms with Crippen LogP contribution in [0.15, 0.2) is 11.6 Å². The molecule has 3 heteroatoms. The maximum atomic E-state index is 11.6. The second kappa shape index (κ2) is 9.43. The van der Waals surface area contributed by atoms with E-state index in [1.54, 1.807) is 5.57 Å². The third-order valence-electron chi connectivity index (χ3n) is 10.7. The van der Waals surface area contributed by atoms with E-state index >= 15 is 0 Å².